The maximum atomic E-state index is 9.08. The van der Waals surface area contributed by atoms with Gasteiger partial charge in [0, 0.05) is 12.0 Å². The average molecular weight is 252 g/mol. The summed E-state index contributed by atoms with van der Waals surface area (Å²) in [6.07, 6.45) is 0.527. The molecule has 3 heteroatoms. The van der Waals surface area contributed by atoms with Crippen LogP contribution in [0.2, 0.25) is 0 Å². The van der Waals surface area contributed by atoms with Crippen LogP contribution in [0.4, 0.5) is 11.4 Å². The summed E-state index contributed by atoms with van der Waals surface area (Å²) in [6.45, 7) is 0.0722. The van der Waals surface area contributed by atoms with Crippen molar-refractivity contribution in [3.05, 3.63) is 48.0 Å². The van der Waals surface area contributed by atoms with E-state index in [0.29, 0.717) is 17.8 Å². The van der Waals surface area contributed by atoms with Crippen LogP contribution < -0.4 is 11.5 Å². The van der Waals surface area contributed by atoms with Gasteiger partial charge in [-0.3, -0.25) is 0 Å². The molecule has 5 N–H and O–H groups in total. The molecule has 0 spiro atoms. The van der Waals surface area contributed by atoms with Crippen LogP contribution in [0.5, 0.6) is 0 Å². The Morgan fingerprint density at radius 3 is 2.21 bits per heavy atom. The monoisotopic (exact) mass is 252 g/mol. The van der Waals surface area contributed by atoms with Gasteiger partial charge in [0.25, 0.3) is 0 Å². The van der Waals surface area contributed by atoms with E-state index in [1.165, 1.54) is 5.39 Å². The van der Waals surface area contributed by atoms with E-state index in [0.717, 1.165) is 21.7 Å². The Morgan fingerprint density at radius 2 is 1.53 bits per heavy atom. The molecule has 3 rings (SSSR count). The molecule has 0 radical (unpaired) electrons. The van der Waals surface area contributed by atoms with Gasteiger partial charge in [-0.15, -0.1) is 0 Å². The van der Waals surface area contributed by atoms with Gasteiger partial charge >= 0.3 is 0 Å². The Morgan fingerprint density at radius 1 is 0.842 bits per heavy atom. The van der Waals surface area contributed by atoms with Crippen molar-refractivity contribution in [2.45, 2.75) is 6.42 Å². The second kappa shape index (κ2) is 4.44. The predicted molar refractivity (Wildman–Crippen MR) is 81.1 cm³/mol. The largest absolute Gasteiger partial charge is 0.397 e. The van der Waals surface area contributed by atoms with Gasteiger partial charge in [0.2, 0.25) is 0 Å². The first-order valence-corrected chi connectivity index (χ1v) is 6.31. The number of rotatable bonds is 2. The molecule has 0 saturated carbocycles. The summed E-state index contributed by atoms with van der Waals surface area (Å²) >= 11 is 0. The summed E-state index contributed by atoms with van der Waals surface area (Å²) in [6, 6.07) is 14.4. The van der Waals surface area contributed by atoms with Crippen LogP contribution in [0.1, 0.15) is 5.56 Å². The Kier molecular flexibility index (Phi) is 2.76. The summed E-state index contributed by atoms with van der Waals surface area (Å²) in [7, 11) is 0. The van der Waals surface area contributed by atoms with Crippen LogP contribution >= 0.6 is 0 Å². The number of benzene rings is 3. The maximum absolute atomic E-state index is 9.08. The van der Waals surface area contributed by atoms with E-state index in [-0.39, 0.29) is 6.61 Å². The van der Waals surface area contributed by atoms with Crippen molar-refractivity contribution in [3.63, 3.8) is 0 Å². The zero-order valence-corrected chi connectivity index (χ0v) is 10.6. The minimum atomic E-state index is 0.0722. The third kappa shape index (κ3) is 1.88. The molecule has 0 aromatic heterocycles. The van der Waals surface area contributed by atoms with Crippen LogP contribution in [0.15, 0.2) is 42.5 Å². The number of fused-ring (bicyclic) bond motifs is 2. The van der Waals surface area contributed by atoms with E-state index in [1.807, 2.05) is 18.2 Å². The van der Waals surface area contributed by atoms with E-state index >= 15 is 0 Å². The first kappa shape index (κ1) is 11.8. The van der Waals surface area contributed by atoms with Crippen molar-refractivity contribution < 1.29 is 5.11 Å². The molecule has 0 aliphatic heterocycles. The van der Waals surface area contributed by atoms with Crippen molar-refractivity contribution in [2.75, 3.05) is 18.1 Å². The third-order valence-corrected chi connectivity index (χ3v) is 3.56. The third-order valence-electron chi connectivity index (χ3n) is 3.56. The Hall–Kier alpha value is -2.26. The number of nitrogens with two attached hydrogens (primary N) is 2. The second-order valence-corrected chi connectivity index (χ2v) is 4.76. The Labute approximate surface area is 111 Å². The minimum absolute atomic E-state index is 0.0722. The molecule has 3 aromatic carbocycles. The van der Waals surface area contributed by atoms with Crippen molar-refractivity contribution >= 4 is 32.9 Å². The maximum Gasteiger partial charge on any atom is 0.0630 e. The molecule has 0 fully saturated rings. The lowest BCUT2D eigenvalue weighted by atomic mass is 9.97. The van der Waals surface area contributed by atoms with Gasteiger partial charge < -0.3 is 16.6 Å². The number of anilines is 2. The molecule has 0 atom stereocenters. The Balaban J connectivity index is 2.37. The molecule has 0 aliphatic carbocycles. The zero-order valence-electron chi connectivity index (χ0n) is 10.6. The van der Waals surface area contributed by atoms with E-state index in [9.17, 15) is 0 Å². The van der Waals surface area contributed by atoms with Crippen molar-refractivity contribution in [1.29, 1.82) is 0 Å². The fourth-order valence-corrected chi connectivity index (χ4v) is 2.52. The lowest BCUT2D eigenvalue weighted by Crippen LogP contribution is -2.03. The van der Waals surface area contributed by atoms with Gasteiger partial charge in [-0.05, 0) is 46.3 Å². The predicted octanol–water partition coefficient (Wildman–Crippen LogP) is 2.69. The molecule has 96 valence electrons. The van der Waals surface area contributed by atoms with Gasteiger partial charge in [0.05, 0.1) is 11.4 Å². The number of nitrogen functional groups attached to an aromatic ring is 2. The van der Waals surface area contributed by atoms with E-state index in [2.05, 4.69) is 24.3 Å². The van der Waals surface area contributed by atoms with Crippen molar-refractivity contribution in [3.8, 4) is 0 Å². The quantitative estimate of drug-likeness (QED) is 0.485. The average Bonchev–Trinajstić information content (AvgIpc) is 2.43. The number of aliphatic hydroxyl groups excluding tert-OH is 1. The molecule has 0 bridgehead atoms. The molecule has 0 heterocycles. The van der Waals surface area contributed by atoms with Crippen molar-refractivity contribution in [1.82, 2.24) is 0 Å². The molecule has 3 aromatic rings. The standard InChI is InChI=1S/C16H16N2O/c17-15-12(5-6-19)8-13-7-10-3-1-2-4-11(10)9-14(13)16(15)18/h1-4,7-9,19H,5-6,17-18H2. The fraction of sp³-hybridized carbons (Fsp3) is 0.125. The molecule has 0 saturated heterocycles. The first-order valence-electron chi connectivity index (χ1n) is 6.31. The van der Waals surface area contributed by atoms with E-state index in [1.54, 1.807) is 0 Å². The SMILES string of the molecule is Nc1c(CCO)cc2cc3ccccc3cc2c1N. The van der Waals surface area contributed by atoms with Crippen molar-refractivity contribution in [2.24, 2.45) is 0 Å². The topological polar surface area (TPSA) is 72.3 Å². The first-order chi connectivity index (χ1) is 9.20. The highest BCUT2D eigenvalue weighted by Gasteiger charge is 2.09. The van der Waals surface area contributed by atoms with Crippen LogP contribution in [0.3, 0.4) is 0 Å². The molecule has 19 heavy (non-hydrogen) atoms. The smallest absolute Gasteiger partial charge is 0.0630 e. The summed E-state index contributed by atoms with van der Waals surface area (Å²) < 4.78 is 0. The number of hydrogen-bond acceptors (Lipinski definition) is 3. The van der Waals surface area contributed by atoms with Crippen LogP contribution in [-0.4, -0.2) is 11.7 Å². The Bertz CT molecular complexity index is 765. The number of aliphatic hydroxyl groups is 1. The lowest BCUT2D eigenvalue weighted by molar-refractivity contribution is 0.300. The normalized spacial score (nSPS) is 11.2. The summed E-state index contributed by atoms with van der Waals surface area (Å²) in [5.41, 5.74) is 14.3. The molecule has 0 amide bonds. The van der Waals surface area contributed by atoms with Gasteiger partial charge in [0.1, 0.15) is 0 Å². The molecular weight excluding hydrogens is 236 g/mol. The highest BCUT2D eigenvalue weighted by Crippen LogP contribution is 2.33. The van der Waals surface area contributed by atoms with Crippen LogP contribution in [-0.2, 0) is 6.42 Å². The summed E-state index contributed by atoms with van der Waals surface area (Å²) in [5.74, 6) is 0. The lowest BCUT2D eigenvalue weighted by Gasteiger charge is -2.12. The molecule has 3 nitrogen and oxygen atoms in total. The van der Waals surface area contributed by atoms with Gasteiger partial charge in [-0.25, -0.2) is 0 Å². The summed E-state index contributed by atoms with van der Waals surface area (Å²) in [5, 5.41) is 13.4. The molecule has 0 aliphatic rings. The van der Waals surface area contributed by atoms with Gasteiger partial charge in [-0.1, -0.05) is 24.3 Å². The van der Waals surface area contributed by atoms with Gasteiger partial charge in [0.15, 0.2) is 0 Å². The van der Waals surface area contributed by atoms with Gasteiger partial charge in [-0.2, -0.15) is 0 Å². The molecule has 0 unspecified atom stereocenters. The fourth-order valence-electron chi connectivity index (χ4n) is 2.52. The van der Waals surface area contributed by atoms with E-state index in [4.69, 9.17) is 16.6 Å². The minimum Gasteiger partial charge on any atom is -0.397 e. The zero-order chi connectivity index (χ0) is 13.4. The van der Waals surface area contributed by atoms with Crippen LogP contribution in [0.25, 0.3) is 21.5 Å². The highest BCUT2D eigenvalue weighted by atomic mass is 16.2. The number of hydrogen-bond donors (Lipinski definition) is 3. The summed E-state index contributed by atoms with van der Waals surface area (Å²) in [4.78, 5) is 0. The second-order valence-electron chi connectivity index (χ2n) is 4.76. The van der Waals surface area contributed by atoms with Crippen LogP contribution in [0, 0.1) is 0 Å². The highest BCUT2D eigenvalue weighted by molar-refractivity contribution is 6.06. The molecular formula is C16H16N2O. The van der Waals surface area contributed by atoms with E-state index < -0.39 is 0 Å².